The maximum Gasteiger partial charge on any atom is 0.138 e. The number of ketones is 1. The first kappa shape index (κ1) is 11.4. The summed E-state index contributed by atoms with van der Waals surface area (Å²) in [4.78, 5) is 11.6. The molecule has 2 atom stereocenters. The Hall–Kier alpha value is -0.630. The Morgan fingerprint density at radius 2 is 2.21 bits per heavy atom. The van der Waals surface area contributed by atoms with Gasteiger partial charge in [0.2, 0.25) is 0 Å². The van der Waals surface area contributed by atoms with Crippen LogP contribution in [0.4, 0.5) is 0 Å². The molecule has 1 N–H and O–H groups in total. The fourth-order valence-electron chi connectivity index (χ4n) is 2.37. The van der Waals surface area contributed by atoms with Crippen LogP contribution in [0, 0.1) is 5.41 Å². The summed E-state index contributed by atoms with van der Waals surface area (Å²) in [6.45, 7) is 7.41. The highest BCUT2D eigenvalue weighted by Crippen LogP contribution is 2.43. The number of carbonyl (C=O) groups excluding carboxylic acids is 1. The molecule has 0 aromatic heterocycles. The fourth-order valence-corrected chi connectivity index (χ4v) is 2.37. The topological polar surface area (TPSA) is 37.3 Å². The molecular weight excluding hydrogens is 176 g/mol. The molecule has 0 aliphatic heterocycles. The maximum atomic E-state index is 11.6. The zero-order valence-corrected chi connectivity index (χ0v) is 9.18. The first-order valence-electron chi connectivity index (χ1n) is 5.32. The summed E-state index contributed by atoms with van der Waals surface area (Å²) in [6, 6.07) is 0. The van der Waals surface area contributed by atoms with Crippen LogP contribution in [-0.4, -0.2) is 17.0 Å². The van der Waals surface area contributed by atoms with Crippen molar-refractivity contribution in [1.82, 2.24) is 0 Å². The van der Waals surface area contributed by atoms with Crippen LogP contribution in [0.5, 0.6) is 0 Å². The van der Waals surface area contributed by atoms with Crippen LogP contribution >= 0.6 is 0 Å². The number of aliphatic hydroxyl groups excluding tert-OH is 1. The summed E-state index contributed by atoms with van der Waals surface area (Å²) in [5.74, 6) is 0.142. The normalized spacial score (nSPS) is 31.8. The van der Waals surface area contributed by atoms with Crippen molar-refractivity contribution in [2.24, 2.45) is 5.41 Å². The van der Waals surface area contributed by atoms with E-state index < -0.39 is 11.5 Å². The Morgan fingerprint density at radius 3 is 2.57 bits per heavy atom. The molecule has 0 amide bonds. The minimum atomic E-state index is -0.459. The fraction of sp³-hybridized carbons (Fsp3) is 0.750. The van der Waals surface area contributed by atoms with E-state index in [4.69, 9.17) is 0 Å². The number of carbonyl (C=O) groups is 1. The van der Waals surface area contributed by atoms with Crippen molar-refractivity contribution in [2.75, 3.05) is 0 Å². The minimum absolute atomic E-state index is 0.142. The molecule has 1 rings (SSSR count). The lowest BCUT2D eigenvalue weighted by molar-refractivity contribution is -0.132. The second-order valence-electron chi connectivity index (χ2n) is 4.58. The Bertz CT molecular complexity index is 245. The van der Waals surface area contributed by atoms with E-state index in [2.05, 4.69) is 6.58 Å². The Balaban J connectivity index is 2.72. The standard InChI is InChI=1S/C12H20O2/c1-9(2)6-8-12(10(3)13)7-4-5-11(12)14/h11,14H,1,4-8H2,2-3H3/t11-,12+/m1/s1. The molecule has 1 aliphatic rings. The number of aliphatic hydroxyl groups is 1. The molecule has 0 heterocycles. The number of hydrogen-bond acceptors (Lipinski definition) is 2. The highest BCUT2D eigenvalue weighted by atomic mass is 16.3. The van der Waals surface area contributed by atoms with E-state index in [1.54, 1.807) is 6.92 Å². The van der Waals surface area contributed by atoms with Crippen LogP contribution in [0.25, 0.3) is 0 Å². The lowest BCUT2D eigenvalue weighted by atomic mass is 9.76. The van der Waals surface area contributed by atoms with Gasteiger partial charge in [0.1, 0.15) is 5.78 Å². The number of hydrogen-bond donors (Lipinski definition) is 1. The number of Topliss-reactive ketones (excluding diaryl/α,β-unsaturated/α-hetero) is 1. The highest BCUT2D eigenvalue weighted by molar-refractivity contribution is 5.83. The Labute approximate surface area is 86.0 Å². The Morgan fingerprint density at radius 1 is 1.57 bits per heavy atom. The maximum absolute atomic E-state index is 11.6. The van der Waals surface area contributed by atoms with E-state index in [0.717, 1.165) is 37.7 Å². The molecule has 80 valence electrons. The summed E-state index contributed by atoms with van der Waals surface area (Å²) in [6.07, 6.45) is 3.76. The van der Waals surface area contributed by atoms with E-state index in [9.17, 15) is 9.90 Å². The van der Waals surface area contributed by atoms with Crippen molar-refractivity contribution in [1.29, 1.82) is 0 Å². The molecule has 0 aromatic rings. The zero-order valence-electron chi connectivity index (χ0n) is 9.18. The van der Waals surface area contributed by atoms with Gasteiger partial charge >= 0.3 is 0 Å². The third-order valence-electron chi connectivity index (χ3n) is 3.44. The lowest BCUT2D eigenvalue weighted by Gasteiger charge is -2.30. The smallest absolute Gasteiger partial charge is 0.138 e. The molecule has 1 fully saturated rings. The van der Waals surface area contributed by atoms with E-state index in [1.165, 1.54) is 0 Å². The highest BCUT2D eigenvalue weighted by Gasteiger charge is 2.45. The molecule has 1 aliphatic carbocycles. The van der Waals surface area contributed by atoms with Crippen molar-refractivity contribution >= 4 is 5.78 Å². The van der Waals surface area contributed by atoms with Gasteiger partial charge in [0.15, 0.2) is 0 Å². The first-order chi connectivity index (χ1) is 6.49. The zero-order chi connectivity index (χ0) is 10.8. The summed E-state index contributed by atoms with van der Waals surface area (Å²) >= 11 is 0. The lowest BCUT2D eigenvalue weighted by Crippen LogP contribution is -2.36. The van der Waals surface area contributed by atoms with Gasteiger partial charge in [0.05, 0.1) is 11.5 Å². The molecule has 1 saturated carbocycles. The van der Waals surface area contributed by atoms with Gasteiger partial charge in [-0.2, -0.15) is 0 Å². The molecule has 0 bridgehead atoms. The first-order valence-corrected chi connectivity index (χ1v) is 5.32. The van der Waals surface area contributed by atoms with Crippen molar-refractivity contribution in [3.05, 3.63) is 12.2 Å². The van der Waals surface area contributed by atoms with Crippen molar-refractivity contribution in [2.45, 2.75) is 52.1 Å². The predicted octanol–water partition coefficient (Wildman–Crippen LogP) is 2.46. The molecule has 0 radical (unpaired) electrons. The van der Waals surface area contributed by atoms with Gasteiger partial charge in [-0.25, -0.2) is 0 Å². The summed E-state index contributed by atoms with van der Waals surface area (Å²) in [5, 5.41) is 9.87. The number of rotatable bonds is 4. The molecule has 0 spiro atoms. The predicted molar refractivity (Wildman–Crippen MR) is 57.0 cm³/mol. The van der Waals surface area contributed by atoms with Crippen molar-refractivity contribution in [3.8, 4) is 0 Å². The number of allylic oxidation sites excluding steroid dienone is 1. The summed E-state index contributed by atoms with van der Waals surface area (Å²) in [7, 11) is 0. The van der Waals surface area contributed by atoms with E-state index in [0.29, 0.717) is 0 Å². The average molecular weight is 196 g/mol. The van der Waals surface area contributed by atoms with Gasteiger partial charge in [-0.3, -0.25) is 4.79 Å². The van der Waals surface area contributed by atoms with Crippen LogP contribution in [0.1, 0.15) is 46.0 Å². The van der Waals surface area contributed by atoms with Crippen molar-refractivity contribution < 1.29 is 9.90 Å². The third kappa shape index (κ3) is 2.06. The minimum Gasteiger partial charge on any atom is -0.392 e. The SMILES string of the molecule is C=C(C)CC[C@]1(C(C)=O)CCC[C@H]1O. The Kier molecular flexibility index (Phi) is 3.48. The van der Waals surface area contributed by atoms with Crippen LogP contribution in [0.2, 0.25) is 0 Å². The average Bonchev–Trinajstić information content (AvgIpc) is 2.44. The van der Waals surface area contributed by atoms with Crippen LogP contribution < -0.4 is 0 Å². The quantitative estimate of drug-likeness (QED) is 0.701. The van der Waals surface area contributed by atoms with E-state index >= 15 is 0 Å². The molecule has 0 aromatic carbocycles. The van der Waals surface area contributed by atoms with E-state index in [-0.39, 0.29) is 5.78 Å². The molecule has 2 heteroatoms. The second-order valence-corrected chi connectivity index (χ2v) is 4.58. The van der Waals surface area contributed by atoms with Crippen LogP contribution in [0.3, 0.4) is 0 Å². The molecule has 0 unspecified atom stereocenters. The van der Waals surface area contributed by atoms with Gasteiger partial charge < -0.3 is 5.11 Å². The van der Waals surface area contributed by atoms with Gasteiger partial charge in [-0.05, 0) is 46.0 Å². The molecule has 0 saturated heterocycles. The van der Waals surface area contributed by atoms with Gasteiger partial charge in [-0.1, -0.05) is 5.57 Å². The van der Waals surface area contributed by atoms with Gasteiger partial charge in [-0.15, -0.1) is 6.58 Å². The van der Waals surface area contributed by atoms with Gasteiger partial charge in [0.25, 0.3) is 0 Å². The largest absolute Gasteiger partial charge is 0.392 e. The summed E-state index contributed by atoms with van der Waals surface area (Å²) in [5.41, 5.74) is 0.628. The van der Waals surface area contributed by atoms with E-state index in [1.807, 2.05) is 6.92 Å². The molecular formula is C12H20O2. The molecule has 2 nitrogen and oxygen atoms in total. The van der Waals surface area contributed by atoms with Crippen LogP contribution in [-0.2, 0) is 4.79 Å². The summed E-state index contributed by atoms with van der Waals surface area (Å²) < 4.78 is 0. The van der Waals surface area contributed by atoms with Crippen LogP contribution in [0.15, 0.2) is 12.2 Å². The third-order valence-corrected chi connectivity index (χ3v) is 3.44. The van der Waals surface area contributed by atoms with Crippen molar-refractivity contribution in [3.63, 3.8) is 0 Å². The van der Waals surface area contributed by atoms with Gasteiger partial charge in [0, 0.05) is 0 Å². The second kappa shape index (κ2) is 4.26. The monoisotopic (exact) mass is 196 g/mol. The molecule has 14 heavy (non-hydrogen) atoms.